The summed E-state index contributed by atoms with van der Waals surface area (Å²) in [5.41, 5.74) is 6.53. The fraction of sp³-hybridized carbons (Fsp3) is 0.600. The summed E-state index contributed by atoms with van der Waals surface area (Å²) in [5, 5.41) is 7.22. The van der Waals surface area contributed by atoms with Gasteiger partial charge in [0.15, 0.2) is 9.84 Å². The van der Waals surface area contributed by atoms with E-state index < -0.39 is 9.84 Å². The zero-order chi connectivity index (χ0) is 20.1. The summed E-state index contributed by atoms with van der Waals surface area (Å²) in [4.78, 5) is 15.8. The SMILES string of the molecule is N=C(N)CC(=O)N1CCN(CS(=O)(=O)c2ccc(C3CCCCC3)cc2)CC1. The molecule has 2 fully saturated rings. The highest BCUT2D eigenvalue weighted by atomic mass is 32.2. The lowest BCUT2D eigenvalue weighted by molar-refractivity contribution is -0.131. The van der Waals surface area contributed by atoms with Gasteiger partial charge in [-0.25, -0.2) is 8.42 Å². The monoisotopic (exact) mass is 406 g/mol. The van der Waals surface area contributed by atoms with Gasteiger partial charge in [-0.05, 0) is 36.5 Å². The van der Waals surface area contributed by atoms with Gasteiger partial charge in [-0.1, -0.05) is 31.4 Å². The Hall–Kier alpha value is -1.93. The maximum atomic E-state index is 12.8. The molecule has 3 N–H and O–H groups in total. The van der Waals surface area contributed by atoms with Gasteiger partial charge in [-0.2, -0.15) is 0 Å². The molecule has 1 saturated heterocycles. The summed E-state index contributed by atoms with van der Waals surface area (Å²) in [6, 6.07) is 7.43. The summed E-state index contributed by atoms with van der Waals surface area (Å²) in [6.07, 6.45) is 6.12. The van der Waals surface area contributed by atoms with Crippen LogP contribution in [0, 0.1) is 5.41 Å². The van der Waals surface area contributed by atoms with Crippen molar-refractivity contribution in [3.63, 3.8) is 0 Å². The molecule has 0 atom stereocenters. The Bertz CT molecular complexity index is 793. The molecule has 1 saturated carbocycles. The van der Waals surface area contributed by atoms with Crippen LogP contribution >= 0.6 is 0 Å². The molecule has 0 bridgehead atoms. The highest BCUT2D eigenvalue weighted by molar-refractivity contribution is 7.91. The average molecular weight is 407 g/mol. The summed E-state index contributed by atoms with van der Waals surface area (Å²) >= 11 is 0. The number of rotatable bonds is 6. The molecule has 0 spiro atoms. The largest absolute Gasteiger partial charge is 0.387 e. The minimum atomic E-state index is -3.40. The number of nitrogens with one attached hydrogen (secondary N) is 1. The van der Waals surface area contributed by atoms with E-state index in [9.17, 15) is 13.2 Å². The lowest BCUT2D eigenvalue weighted by Gasteiger charge is -2.34. The van der Waals surface area contributed by atoms with Crippen molar-refractivity contribution in [1.82, 2.24) is 9.80 Å². The number of amides is 1. The Balaban J connectivity index is 1.55. The molecular weight excluding hydrogens is 376 g/mol. The van der Waals surface area contributed by atoms with Crippen LogP contribution in [0.25, 0.3) is 0 Å². The molecule has 0 unspecified atom stereocenters. The average Bonchev–Trinajstić information content (AvgIpc) is 2.68. The molecule has 1 aromatic carbocycles. The standard InChI is InChI=1S/C20H30N4O3S/c21-19(22)14-20(25)24-12-10-23(11-13-24)15-28(26,27)18-8-6-17(7-9-18)16-4-2-1-3-5-16/h6-9,16H,1-5,10-15H2,(H3,21,22). The first-order valence-electron chi connectivity index (χ1n) is 10.0. The smallest absolute Gasteiger partial charge is 0.230 e. The van der Waals surface area contributed by atoms with Crippen LogP contribution in [0.4, 0.5) is 0 Å². The second-order valence-electron chi connectivity index (χ2n) is 7.85. The van der Waals surface area contributed by atoms with Gasteiger partial charge in [0, 0.05) is 26.2 Å². The van der Waals surface area contributed by atoms with E-state index in [4.69, 9.17) is 11.1 Å². The third kappa shape index (κ3) is 5.32. The number of benzene rings is 1. The third-order valence-electron chi connectivity index (χ3n) is 5.73. The predicted octanol–water partition coefficient (Wildman–Crippen LogP) is 1.94. The molecule has 1 aromatic rings. The molecule has 1 aliphatic carbocycles. The number of carbonyl (C=O) groups is 1. The van der Waals surface area contributed by atoms with Crippen LogP contribution in [0.3, 0.4) is 0 Å². The van der Waals surface area contributed by atoms with Gasteiger partial charge in [0.2, 0.25) is 5.91 Å². The van der Waals surface area contributed by atoms with Crippen LogP contribution in [0.15, 0.2) is 29.2 Å². The van der Waals surface area contributed by atoms with Crippen LogP contribution in [0.1, 0.15) is 50.0 Å². The summed E-state index contributed by atoms with van der Waals surface area (Å²) in [5.74, 6) is 0.205. The zero-order valence-electron chi connectivity index (χ0n) is 16.3. The first-order valence-corrected chi connectivity index (χ1v) is 11.7. The summed E-state index contributed by atoms with van der Waals surface area (Å²) in [7, 11) is -3.40. The van der Waals surface area contributed by atoms with Crippen LogP contribution in [-0.4, -0.2) is 62.0 Å². The molecular formula is C20H30N4O3S. The zero-order valence-corrected chi connectivity index (χ0v) is 17.1. The lowest BCUT2D eigenvalue weighted by Crippen LogP contribution is -2.50. The van der Waals surface area contributed by atoms with Crippen molar-refractivity contribution >= 4 is 21.6 Å². The second kappa shape index (κ2) is 9.05. The molecule has 1 aliphatic heterocycles. The molecule has 8 heteroatoms. The van der Waals surface area contributed by atoms with Gasteiger partial charge in [-0.3, -0.25) is 15.1 Å². The molecule has 2 aliphatic rings. The van der Waals surface area contributed by atoms with E-state index in [-0.39, 0.29) is 24.0 Å². The van der Waals surface area contributed by atoms with Crippen molar-refractivity contribution in [2.75, 3.05) is 32.1 Å². The molecule has 0 aromatic heterocycles. The van der Waals surface area contributed by atoms with E-state index in [1.165, 1.54) is 37.7 Å². The lowest BCUT2D eigenvalue weighted by atomic mass is 9.84. The molecule has 3 rings (SSSR count). The van der Waals surface area contributed by atoms with Gasteiger partial charge in [0.05, 0.1) is 17.2 Å². The van der Waals surface area contributed by atoms with Crippen LogP contribution < -0.4 is 5.73 Å². The van der Waals surface area contributed by atoms with Gasteiger partial charge in [-0.15, -0.1) is 0 Å². The molecule has 7 nitrogen and oxygen atoms in total. The fourth-order valence-electron chi connectivity index (χ4n) is 4.10. The van der Waals surface area contributed by atoms with E-state index in [2.05, 4.69) is 0 Å². The molecule has 0 radical (unpaired) electrons. The number of sulfone groups is 1. The molecule has 28 heavy (non-hydrogen) atoms. The molecule has 154 valence electrons. The molecule has 1 heterocycles. The number of hydrogen-bond donors (Lipinski definition) is 2. The van der Waals surface area contributed by atoms with E-state index in [1.807, 2.05) is 17.0 Å². The number of amidine groups is 1. The predicted molar refractivity (Wildman–Crippen MR) is 109 cm³/mol. The first kappa shape index (κ1) is 20.8. The number of hydrogen-bond acceptors (Lipinski definition) is 5. The minimum absolute atomic E-state index is 0.0372. The Morgan fingerprint density at radius 2 is 1.64 bits per heavy atom. The topological polar surface area (TPSA) is 108 Å². The quantitative estimate of drug-likeness (QED) is 0.554. The van der Waals surface area contributed by atoms with E-state index in [0.29, 0.717) is 37.0 Å². The number of piperazine rings is 1. The number of nitrogens with zero attached hydrogens (tertiary/aromatic N) is 2. The van der Waals surface area contributed by atoms with Crippen molar-refractivity contribution in [3.8, 4) is 0 Å². The van der Waals surface area contributed by atoms with Crippen LogP contribution in [0.2, 0.25) is 0 Å². The Morgan fingerprint density at radius 3 is 2.21 bits per heavy atom. The van der Waals surface area contributed by atoms with E-state index in [0.717, 1.165) is 0 Å². The van der Waals surface area contributed by atoms with Crippen molar-refractivity contribution in [1.29, 1.82) is 5.41 Å². The first-order chi connectivity index (χ1) is 13.3. The Morgan fingerprint density at radius 1 is 1.04 bits per heavy atom. The van der Waals surface area contributed by atoms with Gasteiger partial charge < -0.3 is 10.6 Å². The maximum Gasteiger partial charge on any atom is 0.230 e. The Labute approximate surface area is 167 Å². The van der Waals surface area contributed by atoms with Crippen LogP contribution in [-0.2, 0) is 14.6 Å². The maximum absolute atomic E-state index is 12.8. The van der Waals surface area contributed by atoms with E-state index in [1.54, 1.807) is 17.0 Å². The van der Waals surface area contributed by atoms with Crippen molar-refractivity contribution in [2.45, 2.75) is 49.3 Å². The summed E-state index contributed by atoms with van der Waals surface area (Å²) in [6.45, 7) is 1.93. The summed E-state index contributed by atoms with van der Waals surface area (Å²) < 4.78 is 25.6. The number of carbonyl (C=O) groups excluding carboxylic acids is 1. The minimum Gasteiger partial charge on any atom is -0.387 e. The van der Waals surface area contributed by atoms with Gasteiger partial charge >= 0.3 is 0 Å². The van der Waals surface area contributed by atoms with Crippen molar-refractivity contribution < 1.29 is 13.2 Å². The highest BCUT2D eigenvalue weighted by Crippen LogP contribution is 2.33. The Kier molecular flexibility index (Phi) is 6.72. The fourth-order valence-corrected chi connectivity index (χ4v) is 5.54. The third-order valence-corrected chi connectivity index (χ3v) is 7.43. The normalized spacial score (nSPS) is 19.5. The molecule has 1 amide bonds. The highest BCUT2D eigenvalue weighted by Gasteiger charge is 2.26. The van der Waals surface area contributed by atoms with Gasteiger partial charge in [0.1, 0.15) is 5.88 Å². The van der Waals surface area contributed by atoms with Crippen molar-refractivity contribution in [3.05, 3.63) is 29.8 Å². The van der Waals surface area contributed by atoms with Crippen molar-refractivity contribution in [2.24, 2.45) is 5.73 Å². The van der Waals surface area contributed by atoms with Crippen LogP contribution in [0.5, 0.6) is 0 Å². The van der Waals surface area contributed by atoms with Gasteiger partial charge in [0.25, 0.3) is 0 Å². The second-order valence-corrected chi connectivity index (χ2v) is 9.81. The number of nitrogens with two attached hydrogens (primary N) is 1. The van der Waals surface area contributed by atoms with E-state index >= 15 is 0 Å².